The van der Waals surface area contributed by atoms with E-state index >= 15 is 0 Å². The van der Waals surface area contributed by atoms with Crippen LogP contribution in [-0.2, 0) is 4.74 Å². The highest BCUT2D eigenvalue weighted by Gasteiger charge is 2.35. The highest BCUT2D eigenvalue weighted by Crippen LogP contribution is 2.30. The fourth-order valence-corrected chi connectivity index (χ4v) is 3.80. The quantitative estimate of drug-likeness (QED) is 0.864. The van der Waals surface area contributed by atoms with E-state index in [0.29, 0.717) is 6.04 Å². The van der Waals surface area contributed by atoms with E-state index in [1.54, 1.807) is 0 Å². The minimum Gasteiger partial charge on any atom is -0.444 e. The van der Waals surface area contributed by atoms with Crippen molar-refractivity contribution in [1.82, 2.24) is 15.1 Å². The second-order valence-corrected chi connectivity index (χ2v) is 8.44. The van der Waals surface area contributed by atoms with Gasteiger partial charge in [-0.3, -0.25) is 4.90 Å². The Bertz CT molecular complexity index is 417. The van der Waals surface area contributed by atoms with E-state index in [-0.39, 0.29) is 12.1 Å². The van der Waals surface area contributed by atoms with E-state index in [4.69, 9.17) is 4.74 Å². The molecule has 1 saturated carbocycles. The second kappa shape index (κ2) is 6.98. The lowest BCUT2D eigenvalue weighted by Gasteiger charge is -2.37. The largest absolute Gasteiger partial charge is 0.444 e. The van der Waals surface area contributed by atoms with Crippen LogP contribution in [-0.4, -0.2) is 65.8 Å². The number of piperidine rings is 1. The summed E-state index contributed by atoms with van der Waals surface area (Å²) in [5.41, 5.74) is -0.414. The number of carbonyl (C=O) groups is 1. The number of hydrogen-bond acceptors (Lipinski definition) is 4. The normalized spacial score (nSPS) is 29.8. The third-order valence-electron chi connectivity index (χ3n) is 5.18. The van der Waals surface area contributed by atoms with Gasteiger partial charge in [0, 0.05) is 44.3 Å². The van der Waals surface area contributed by atoms with Crippen LogP contribution in [0.25, 0.3) is 0 Å². The number of rotatable bonds is 4. The summed E-state index contributed by atoms with van der Waals surface area (Å²) < 4.78 is 5.59. The highest BCUT2D eigenvalue weighted by molar-refractivity contribution is 5.68. The Balaban J connectivity index is 1.47. The van der Waals surface area contributed by atoms with Gasteiger partial charge in [-0.15, -0.1) is 0 Å². The Hall–Kier alpha value is -0.810. The van der Waals surface area contributed by atoms with Crippen molar-refractivity contribution in [2.24, 2.45) is 0 Å². The van der Waals surface area contributed by atoms with E-state index in [1.807, 2.05) is 25.7 Å². The molecule has 5 heteroatoms. The number of nitrogens with one attached hydrogen (secondary N) is 1. The maximum absolute atomic E-state index is 12.4. The molecule has 0 radical (unpaired) electrons. The number of nitrogens with zero attached hydrogens (tertiary/aromatic N) is 2. The summed E-state index contributed by atoms with van der Waals surface area (Å²) in [5, 5.41) is 3.72. The average Bonchev–Trinajstić information content (AvgIpc) is 3.23. The Labute approximate surface area is 140 Å². The molecule has 2 unspecified atom stereocenters. The molecule has 0 aromatic carbocycles. The van der Waals surface area contributed by atoms with Crippen LogP contribution < -0.4 is 5.32 Å². The van der Waals surface area contributed by atoms with Crippen molar-refractivity contribution < 1.29 is 9.53 Å². The Morgan fingerprint density at radius 3 is 2.61 bits per heavy atom. The fourth-order valence-electron chi connectivity index (χ4n) is 3.80. The van der Waals surface area contributed by atoms with Crippen molar-refractivity contribution in [2.75, 3.05) is 26.2 Å². The maximum atomic E-state index is 12.4. The minimum atomic E-state index is -0.414. The summed E-state index contributed by atoms with van der Waals surface area (Å²) in [6, 6.07) is 1.75. The zero-order valence-corrected chi connectivity index (χ0v) is 15.0. The van der Waals surface area contributed by atoms with Crippen molar-refractivity contribution in [3.63, 3.8) is 0 Å². The zero-order chi connectivity index (χ0) is 16.4. The van der Waals surface area contributed by atoms with Gasteiger partial charge in [0.2, 0.25) is 0 Å². The van der Waals surface area contributed by atoms with Crippen LogP contribution in [0.4, 0.5) is 4.79 Å². The second-order valence-electron chi connectivity index (χ2n) is 8.44. The van der Waals surface area contributed by atoms with Gasteiger partial charge in [-0.25, -0.2) is 4.79 Å². The summed E-state index contributed by atoms with van der Waals surface area (Å²) in [6.07, 6.45) is 7.28. The molecular weight excluding hydrogens is 290 g/mol. The van der Waals surface area contributed by atoms with E-state index in [9.17, 15) is 4.79 Å². The summed E-state index contributed by atoms with van der Waals surface area (Å²) in [5.74, 6) is 0. The molecule has 3 fully saturated rings. The number of hydrogen-bond donors (Lipinski definition) is 1. The van der Waals surface area contributed by atoms with Gasteiger partial charge in [-0.2, -0.15) is 0 Å². The molecular formula is C18H33N3O2. The van der Waals surface area contributed by atoms with E-state index < -0.39 is 5.60 Å². The van der Waals surface area contributed by atoms with Crippen molar-refractivity contribution in [1.29, 1.82) is 0 Å². The summed E-state index contributed by atoms with van der Waals surface area (Å²) in [4.78, 5) is 17.0. The predicted molar refractivity (Wildman–Crippen MR) is 91.6 cm³/mol. The molecule has 1 aliphatic carbocycles. The van der Waals surface area contributed by atoms with Crippen molar-refractivity contribution >= 4 is 6.09 Å². The van der Waals surface area contributed by atoms with Crippen molar-refractivity contribution in [3.8, 4) is 0 Å². The van der Waals surface area contributed by atoms with Crippen LogP contribution in [0.15, 0.2) is 0 Å². The monoisotopic (exact) mass is 323 g/mol. The third kappa shape index (κ3) is 4.83. The van der Waals surface area contributed by atoms with Gasteiger partial charge in [-0.05, 0) is 59.3 Å². The molecule has 2 heterocycles. The molecule has 1 N–H and O–H groups in total. The number of ether oxygens (including phenoxy) is 1. The van der Waals surface area contributed by atoms with Gasteiger partial charge >= 0.3 is 6.09 Å². The standard InChI is InChI=1S/C18H33N3O2/c1-18(2,3)23-17(22)21-10-5-4-6-16(21)12-19-14-9-11-20(13-14)15-7-8-15/h14-16,19H,4-13H2,1-3H3. The molecule has 1 amide bonds. The first kappa shape index (κ1) is 17.0. The van der Waals surface area contributed by atoms with E-state index in [1.165, 1.54) is 38.8 Å². The topological polar surface area (TPSA) is 44.8 Å². The summed E-state index contributed by atoms with van der Waals surface area (Å²) >= 11 is 0. The lowest BCUT2D eigenvalue weighted by Crippen LogP contribution is -2.51. The molecule has 0 bridgehead atoms. The van der Waals surface area contributed by atoms with Crippen LogP contribution >= 0.6 is 0 Å². The van der Waals surface area contributed by atoms with E-state index in [0.717, 1.165) is 32.0 Å². The highest BCUT2D eigenvalue weighted by atomic mass is 16.6. The van der Waals surface area contributed by atoms with Gasteiger partial charge in [0.15, 0.2) is 0 Å². The van der Waals surface area contributed by atoms with Crippen LogP contribution in [0.3, 0.4) is 0 Å². The van der Waals surface area contributed by atoms with Crippen molar-refractivity contribution in [3.05, 3.63) is 0 Å². The SMILES string of the molecule is CC(C)(C)OC(=O)N1CCCCC1CNC1CCN(C2CC2)C1. The Morgan fingerprint density at radius 1 is 1.13 bits per heavy atom. The van der Waals surface area contributed by atoms with Crippen molar-refractivity contribution in [2.45, 2.75) is 83.0 Å². The molecule has 2 aliphatic heterocycles. The van der Waals surface area contributed by atoms with Gasteiger partial charge in [-0.1, -0.05) is 0 Å². The molecule has 0 aromatic rings. The average molecular weight is 323 g/mol. The van der Waals surface area contributed by atoms with E-state index in [2.05, 4.69) is 10.2 Å². The molecule has 3 aliphatic rings. The lowest BCUT2D eigenvalue weighted by atomic mass is 10.0. The smallest absolute Gasteiger partial charge is 0.410 e. The molecule has 3 rings (SSSR count). The fraction of sp³-hybridized carbons (Fsp3) is 0.944. The van der Waals surface area contributed by atoms with Crippen LogP contribution in [0.1, 0.15) is 59.3 Å². The Kier molecular flexibility index (Phi) is 5.16. The molecule has 132 valence electrons. The van der Waals surface area contributed by atoms with Gasteiger partial charge < -0.3 is 15.0 Å². The summed E-state index contributed by atoms with van der Waals surface area (Å²) in [6.45, 7) is 9.97. The van der Waals surface area contributed by atoms with Gasteiger partial charge in [0.25, 0.3) is 0 Å². The first-order valence-electron chi connectivity index (χ1n) is 9.39. The third-order valence-corrected chi connectivity index (χ3v) is 5.18. The van der Waals surface area contributed by atoms with Gasteiger partial charge in [0.05, 0.1) is 0 Å². The molecule has 0 aromatic heterocycles. The molecule has 0 spiro atoms. The zero-order valence-electron chi connectivity index (χ0n) is 15.0. The molecule has 23 heavy (non-hydrogen) atoms. The predicted octanol–water partition coefficient (Wildman–Crippen LogP) is 2.60. The van der Waals surface area contributed by atoms with Gasteiger partial charge in [0.1, 0.15) is 5.60 Å². The molecule has 2 atom stereocenters. The molecule has 2 saturated heterocycles. The minimum absolute atomic E-state index is 0.143. The number of amides is 1. The first-order chi connectivity index (χ1) is 10.9. The van der Waals surface area contributed by atoms with Crippen LogP contribution in [0.5, 0.6) is 0 Å². The maximum Gasteiger partial charge on any atom is 0.410 e. The summed E-state index contributed by atoms with van der Waals surface area (Å²) in [7, 11) is 0. The number of likely N-dealkylation sites (tertiary alicyclic amines) is 2. The Morgan fingerprint density at radius 2 is 1.91 bits per heavy atom. The lowest BCUT2D eigenvalue weighted by molar-refractivity contribution is 0.00968. The number of carbonyl (C=O) groups excluding carboxylic acids is 1. The first-order valence-corrected chi connectivity index (χ1v) is 9.39. The van der Waals surface area contributed by atoms with Crippen LogP contribution in [0, 0.1) is 0 Å². The van der Waals surface area contributed by atoms with Crippen LogP contribution in [0.2, 0.25) is 0 Å². The molecule has 5 nitrogen and oxygen atoms in total.